The van der Waals surface area contributed by atoms with Crippen molar-refractivity contribution in [2.45, 2.75) is 6.92 Å². The third-order valence-electron chi connectivity index (χ3n) is 12.3. The van der Waals surface area contributed by atoms with E-state index < -0.39 is 13.3 Å². The monoisotopic (exact) mass is 868 g/mol. The van der Waals surface area contributed by atoms with Crippen molar-refractivity contribution in [1.82, 2.24) is 19.5 Å². The SMILES string of the molecule is Cc1ccc2c(c1)c1ccccc1n2-c1ccc(-c2cccc[c]2[Ge]([c]2ccccc2)([c]2ccccc2)[c]2ccccc2)c(-c2nc(-c3ccccc3)nc(-c3ccccc3)n2)c1. The first-order chi connectivity index (χ1) is 31.2. The molecule has 0 amide bonds. The molecule has 0 aliphatic heterocycles. The number of fused-ring (bicyclic) bond motifs is 3. The standard InChI is InChI=1S/C58H42GeN4/c1-41-35-38-55-51(39-41)50-32-18-20-34-54(50)63(55)47-36-37-48(52(40-47)58-61-56(42-21-7-2-8-22-42)60-57(62-58)43-23-9-3-10-24-43)49-31-17-19-33-53(49)59(44-25-11-4-12-26-44,45-27-13-5-14-28-45)46-29-15-6-16-30-46/h2-40H,1H3. The number of aryl methyl sites for hydroxylation is 1. The second-order valence-electron chi connectivity index (χ2n) is 16.0. The minimum absolute atomic E-state index is 0.614. The molecule has 0 aliphatic carbocycles. The van der Waals surface area contributed by atoms with Crippen molar-refractivity contribution in [1.29, 1.82) is 0 Å². The number of aromatic nitrogens is 4. The summed E-state index contributed by atoms with van der Waals surface area (Å²) in [6.07, 6.45) is 0. The van der Waals surface area contributed by atoms with E-state index in [0.717, 1.165) is 44.5 Å². The Hall–Kier alpha value is -7.67. The van der Waals surface area contributed by atoms with Crippen molar-refractivity contribution >= 4 is 52.7 Å². The van der Waals surface area contributed by atoms with E-state index in [9.17, 15) is 0 Å². The average Bonchev–Trinajstić information content (AvgIpc) is 3.69. The number of nitrogens with zero attached hydrogens (tertiary/aromatic N) is 4. The van der Waals surface area contributed by atoms with Gasteiger partial charge in [-0.05, 0) is 0 Å². The molecule has 4 nitrogen and oxygen atoms in total. The Kier molecular flexibility index (Phi) is 9.91. The molecule has 5 heteroatoms. The molecule has 63 heavy (non-hydrogen) atoms. The number of para-hydroxylation sites is 1. The van der Waals surface area contributed by atoms with Crippen LogP contribution in [0, 0.1) is 6.92 Å². The molecule has 0 atom stereocenters. The molecule has 0 aliphatic rings. The van der Waals surface area contributed by atoms with E-state index in [-0.39, 0.29) is 0 Å². The summed E-state index contributed by atoms with van der Waals surface area (Å²) in [6.45, 7) is 2.16. The van der Waals surface area contributed by atoms with Gasteiger partial charge in [0, 0.05) is 0 Å². The number of hydrogen-bond acceptors (Lipinski definition) is 3. The molecule has 0 saturated heterocycles. The zero-order valence-electron chi connectivity index (χ0n) is 34.8. The maximum absolute atomic E-state index is 5.39. The fourth-order valence-corrected chi connectivity index (χ4v) is 19.9. The molecule has 11 aromatic rings. The summed E-state index contributed by atoms with van der Waals surface area (Å²) < 4.78 is 7.81. The molecular formula is C58H42GeN4. The van der Waals surface area contributed by atoms with Crippen molar-refractivity contribution < 1.29 is 0 Å². The predicted octanol–water partition coefficient (Wildman–Crippen LogP) is 11.3. The Morgan fingerprint density at radius 2 is 0.825 bits per heavy atom. The van der Waals surface area contributed by atoms with Gasteiger partial charge in [-0.3, -0.25) is 0 Å². The second-order valence-corrected chi connectivity index (χ2v) is 23.9. The summed E-state index contributed by atoms with van der Waals surface area (Å²) in [5, 5.41) is 2.45. The molecule has 11 rings (SSSR count). The molecule has 2 aromatic heterocycles. The van der Waals surface area contributed by atoms with Crippen molar-refractivity contribution in [2.75, 3.05) is 0 Å². The summed E-state index contributed by atoms with van der Waals surface area (Å²) in [6, 6.07) is 85.5. The first-order valence-electron chi connectivity index (χ1n) is 21.4. The fraction of sp³-hybridized carbons (Fsp3) is 0.0172. The molecule has 0 radical (unpaired) electrons. The fourth-order valence-electron chi connectivity index (χ4n) is 9.46. The topological polar surface area (TPSA) is 43.6 Å². The van der Waals surface area contributed by atoms with Gasteiger partial charge in [0.05, 0.1) is 0 Å². The van der Waals surface area contributed by atoms with Gasteiger partial charge in [0.2, 0.25) is 0 Å². The van der Waals surface area contributed by atoms with Gasteiger partial charge in [-0.15, -0.1) is 0 Å². The van der Waals surface area contributed by atoms with Gasteiger partial charge in [0.25, 0.3) is 0 Å². The average molecular weight is 868 g/mol. The van der Waals surface area contributed by atoms with Crippen molar-refractivity contribution in [3.63, 3.8) is 0 Å². The third kappa shape index (κ3) is 6.76. The van der Waals surface area contributed by atoms with Crippen LogP contribution in [-0.2, 0) is 0 Å². The Balaban J connectivity index is 1.25. The second kappa shape index (κ2) is 16.3. The van der Waals surface area contributed by atoms with Crippen molar-refractivity contribution in [3.8, 4) is 51.0 Å². The summed E-state index contributed by atoms with van der Waals surface area (Å²) in [7, 11) is 0. The van der Waals surface area contributed by atoms with Gasteiger partial charge in [-0.25, -0.2) is 0 Å². The minimum atomic E-state index is -3.78. The predicted molar refractivity (Wildman–Crippen MR) is 264 cm³/mol. The maximum atomic E-state index is 5.39. The van der Waals surface area contributed by atoms with Crippen LogP contribution in [0.5, 0.6) is 0 Å². The molecule has 0 unspecified atom stereocenters. The molecule has 0 spiro atoms. The number of rotatable bonds is 9. The van der Waals surface area contributed by atoms with E-state index in [1.807, 2.05) is 36.4 Å². The summed E-state index contributed by atoms with van der Waals surface area (Å²) >= 11 is -3.78. The van der Waals surface area contributed by atoms with Gasteiger partial charge in [-0.2, -0.15) is 0 Å². The van der Waals surface area contributed by atoms with Gasteiger partial charge in [-0.1, -0.05) is 0 Å². The Bertz CT molecular complexity index is 3230. The molecule has 0 saturated carbocycles. The third-order valence-corrected chi connectivity index (χ3v) is 22.4. The van der Waals surface area contributed by atoms with E-state index in [1.54, 1.807) is 0 Å². The normalized spacial score (nSPS) is 11.6. The molecule has 298 valence electrons. The van der Waals surface area contributed by atoms with Crippen LogP contribution >= 0.6 is 0 Å². The van der Waals surface area contributed by atoms with E-state index in [2.05, 4.69) is 212 Å². The molecular weight excluding hydrogens is 825 g/mol. The zero-order valence-corrected chi connectivity index (χ0v) is 36.9. The van der Waals surface area contributed by atoms with Crippen molar-refractivity contribution in [3.05, 3.63) is 242 Å². The number of benzene rings is 9. The van der Waals surface area contributed by atoms with E-state index in [1.165, 1.54) is 33.9 Å². The Morgan fingerprint density at radius 3 is 1.41 bits per heavy atom. The summed E-state index contributed by atoms with van der Waals surface area (Å²) in [4.78, 5) is 15.9. The van der Waals surface area contributed by atoms with Gasteiger partial charge < -0.3 is 0 Å². The van der Waals surface area contributed by atoms with E-state index in [0.29, 0.717) is 17.5 Å². The first-order valence-corrected chi connectivity index (χ1v) is 25.6. The van der Waals surface area contributed by atoms with Crippen LogP contribution < -0.4 is 17.6 Å². The molecule has 0 fully saturated rings. The first kappa shape index (κ1) is 38.3. The van der Waals surface area contributed by atoms with Crippen LogP contribution in [0.4, 0.5) is 0 Å². The molecule has 0 N–H and O–H groups in total. The van der Waals surface area contributed by atoms with Gasteiger partial charge in [0.1, 0.15) is 0 Å². The van der Waals surface area contributed by atoms with Gasteiger partial charge in [0.15, 0.2) is 0 Å². The van der Waals surface area contributed by atoms with Crippen LogP contribution in [0.3, 0.4) is 0 Å². The van der Waals surface area contributed by atoms with E-state index in [4.69, 9.17) is 15.0 Å². The Labute approximate surface area is 370 Å². The molecule has 0 bridgehead atoms. The van der Waals surface area contributed by atoms with Crippen LogP contribution in [-0.4, -0.2) is 32.8 Å². The molecule has 9 aromatic carbocycles. The quantitative estimate of drug-likeness (QED) is 0.136. The van der Waals surface area contributed by atoms with Crippen LogP contribution in [0.15, 0.2) is 237 Å². The van der Waals surface area contributed by atoms with Crippen LogP contribution in [0.25, 0.3) is 72.8 Å². The summed E-state index contributed by atoms with van der Waals surface area (Å²) in [5.41, 5.74) is 9.58. The summed E-state index contributed by atoms with van der Waals surface area (Å²) in [5.74, 6) is 1.87. The molecule has 2 heterocycles. The van der Waals surface area contributed by atoms with Crippen LogP contribution in [0.1, 0.15) is 5.56 Å². The van der Waals surface area contributed by atoms with Crippen molar-refractivity contribution in [2.24, 2.45) is 0 Å². The zero-order chi connectivity index (χ0) is 42.2. The van der Waals surface area contributed by atoms with Gasteiger partial charge >= 0.3 is 372 Å². The van der Waals surface area contributed by atoms with E-state index >= 15 is 0 Å². The number of hydrogen-bond donors (Lipinski definition) is 0. The van der Waals surface area contributed by atoms with Crippen LogP contribution in [0.2, 0.25) is 0 Å². The Morgan fingerprint density at radius 1 is 0.349 bits per heavy atom.